The summed E-state index contributed by atoms with van der Waals surface area (Å²) in [4.78, 5) is 11.9. The predicted molar refractivity (Wildman–Crippen MR) is 75.2 cm³/mol. The Bertz CT molecular complexity index is 519. The van der Waals surface area contributed by atoms with Crippen LogP contribution in [0.15, 0.2) is 6.07 Å². The molecule has 104 valence electrons. The number of hydrogen-bond acceptors (Lipinski definition) is 3. The Morgan fingerprint density at radius 3 is 2.53 bits per heavy atom. The molecular weight excluding hydrogens is 240 g/mol. The molecule has 2 rings (SSSR count). The monoisotopic (exact) mass is 262 g/mol. The van der Waals surface area contributed by atoms with Crippen LogP contribution < -0.4 is 15.8 Å². The van der Waals surface area contributed by atoms with E-state index >= 15 is 0 Å². The van der Waals surface area contributed by atoms with Gasteiger partial charge in [-0.2, -0.15) is 0 Å². The van der Waals surface area contributed by atoms with Crippen LogP contribution in [0.2, 0.25) is 0 Å². The average molecular weight is 262 g/mol. The summed E-state index contributed by atoms with van der Waals surface area (Å²) in [6.45, 7) is 6.65. The maximum absolute atomic E-state index is 11.9. The normalized spacial score (nSPS) is 16.1. The van der Waals surface area contributed by atoms with E-state index in [9.17, 15) is 4.79 Å². The second-order valence-corrected chi connectivity index (χ2v) is 5.46. The molecule has 4 nitrogen and oxygen atoms in total. The molecule has 0 spiro atoms. The van der Waals surface area contributed by atoms with Crippen molar-refractivity contribution in [1.29, 1.82) is 0 Å². The van der Waals surface area contributed by atoms with Gasteiger partial charge >= 0.3 is 0 Å². The molecule has 0 radical (unpaired) electrons. The van der Waals surface area contributed by atoms with Gasteiger partial charge in [-0.15, -0.1) is 0 Å². The van der Waals surface area contributed by atoms with Crippen LogP contribution in [0.1, 0.15) is 35.1 Å². The molecule has 0 saturated heterocycles. The van der Waals surface area contributed by atoms with E-state index in [2.05, 4.69) is 12.2 Å². The van der Waals surface area contributed by atoms with E-state index in [-0.39, 0.29) is 5.91 Å². The lowest BCUT2D eigenvalue weighted by Crippen LogP contribution is -2.42. The number of hydrogen-bond donors (Lipinski definition) is 2. The molecule has 0 bridgehead atoms. The highest BCUT2D eigenvalue weighted by Crippen LogP contribution is 2.32. The molecule has 1 fully saturated rings. The molecule has 0 unspecified atom stereocenters. The Labute approximate surface area is 114 Å². The molecule has 1 saturated carbocycles. The molecule has 1 aliphatic carbocycles. The molecule has 1 aromatic carbocycles. The molecule has 0 atom stereocenters. The van der Waals surface area contributed by atoms with Gasteiger partial charge in [0, 0.05) is 6.54 Å². The lowest BCUT2D eigenvalue weighted by Gasteiger charge is -2.17. The first-order valence-corrected chi connectivity index (χ1v) is 6.60. The first kappa shape index (κ1) is 13.9. The summed E-state index contributed by atoms with van der Waals surface area (Å²) in [5.41, 5.74) is 9.82. The third-order valence-electron chi connectivity index (χ3n) is 4.09. The van der Waals surface area contributed by atoms with Crippen LogP contribution in [0.25, 0.3) is 0 Å². The van der Waals surface area contributed by atoms with Crippen LogP contribution in [0.4, 0.5) is 0 Å². The summed E-state index contributed by atoms with van der Waals surface area (Å²) in [6, 6.07) is 2.01. The Morgan fingerprint density at radius 1 is 1.37 bits per heavy atom. The van der Waals surface area contributed by atoms with E-state index < -0.39 is 5.54 Å². The van der Waals surface area contributed by atoms with Crippen molar-refractivity contribution < 1.29 is 9.53 Å². The summed E-state index contributed by atoms with van der Waals surface area (Å²) in [7, 11) is 1.67. The van der Waals surface area contributed by atoms with Crippen molar-refractivity contribution in [1.82, 2.24) is 5.32 Å². The highest BCUT2D eigenvalue weighted by Gasteiger charge is 2.45. The van der Waals surface area contributed by atoms with Crippen molar-refractivity contribution in [2.24, 2.45) is 5.73 Å². The summed E-state index contributed by atoms with van der Waals surface area (Å²) in [5, 5.41) is 2.94. The molecule has 3 N–H and O–H groups in total. The number of ether oxygens (including phenoxy) is 1. The number of methoxy groups -OCH3 is 1. The molecule has 0 aromatic heterocycles. The quantitative estimate of drug-likeness (QED) is 0.868. The topological polar surface area (TPSA) is 64.3 Å². The first-order valence-electron chi connectivity index (χ1n) is 6.60. The third kappa shape index (κ3) is 2.59. The maximum Gasteiger partial charge on any atom is 0.240 e. The highest BCUT2D eigenvalue weighted by atomic mass is 16.5. The van der Waals surface area contributed by atoms with Gasteiger partial charge in [0.05, 0.1) is 12.6 Å². The van der Waals surface area contributed by atoms with Gasteiger partial charge < -0.3 is 15.8 Å². The van der Waals surface area contributed by atoms with Crippen molar-refractivity contribution in [2.45, 2.75) is 45.7 Å². The van der Waals surface area contributed by atoms with Crippen molar-refractivity contribution >= 4 is 5.91 Å². The van der Waals surface area contributed by atoms with Gasteiger partial charge in [0.25, 0.3) is 0 Å². The molecular formula is C15H22N2O2. The zero-order chi connectivity index (χ0) is 14.2. The molecule has 19 heavy (non-hydrogen) atoms. The largest absolute Gasteiger partial charge is 0.496 e. The van der Waals surface area contributed by atoms with Gasteiger partial charge in [-0.1, -0.05) is 0 Å². The van der Waals surface area contributed by atoms with Crippen LogP contribution >= 0.6 is 0 Å². The number of carbonyl (C=O) groups excluding carboxylic acids is 1. The van der Waals surface area contributed by atoms with E-state index in [1.54, 1.807) is 7.11 Å². The zero-order valence-electron chi connectivity index (χ0n) is 12.1. The summed E-state index contributed by atoms with van der Waals surface area (Å²) in [5.74, 6) is 0.849. The van der Waals surface area contributed by atoms with Gasteiger partial charge in [-0.25, -0.2) is 0 Å². The van der Waals surface area contributed by atoms with Gasteiger partial charge in [0.2, 0.25) is 5.91 Å². The number of aryl methyl sites for hydroxylation is 1. The van der Waals surface area contributed by atoms with Crippen LogP contribution in [0, 0.1) is 20.8 Å². The Kier molecular flexibility index (Phi) is 3.54. The number of rotatable bonds is 4. The average Bonchev–Trinajstić information content (AvgIpc) is 3.12. The highest BCUT2D eigenvalue weighted by molar-refractivity contribution is 5.89. The lowest BCUT2D eigenvalue weighted by atomic mass is 9.97. The van der Waals surface area contributed by atoms with Crippen LogP contribution in [-0.4, -0.2) is 18.6 Å². The summed E-state index contributed by atoms with van der Waals surface area (Å²) >= 11 is 0. The second kappa shape index (κ2) is 4.85. The fourth-order valence-electron chi connectivity index (χ4n) is 2.29. The van der Waals surface area contributed by atoms with E-state index in [0.29, 0.717) is 6.54 Å². The van der Waals surface area contributed by atoms with E-state index in [1.807, 2.05) is 19.9 Å². The van der Waals surface area contributed by atoms with Crippen molar-refractivity contribution in [2.75, 3.05) is 7.11 Å². The smallest absolute Gasteiger partial charge is 0.240 e. The lowest BCUT2D eigenvalue weighted by molar-refractivity contribution is -0.123. The van der Waals surface area contributed by atoms with Crippen LogP contribution in [0.3, 0.4) is 0 Å². The number of amides is 1. The van der Waals surface area contributed by atoms with Crippen molar-refractivity contribution in [3.8, 4) is 5.75 Å². The predicted octanol–water partition coefficient (Wildman–Crippen LogP) is 1.73. The first-order chi connectivity index (χ1) is 8.89. The zero-order valence-corrected chi connectivity index (χ0v) is 12.1. The van der Waals surface area contributed by atoms with Gasteiger partial charge in [-0.3, -0.25) is 4.79 Å². The second-order valence-electron chi connectivity index (χ2n) is 5.46. The van der Waals surface area contributed by atoms with Gasteiger partial charge in [0.1, 0.15) is 5.75 Å². The fourth-order valence-corrected chi connectivity index (χ4v) is 2.29. The molecule has 1 amide bonds. The number of carbonyl (C=O) groups is 1. The van der Waals surface area contributed by atoms with Crippen LogP contribution in [-0.2, 0) is 11.3 Å². The Hall–Kier alpha value is -1.55. The molecule has 0 aliphatic heterocycles. The van der Waals surface area contributed by atoms with E-state index in [4.69, 9.17) is 10.5 Å². The minimum Gasteiger partial charge on any atom is -0.496 e. The molecule has 1 aromatic rings. The molecule has 0 heterocycles. The number of nitrogens with one attached hydrogen (secondary N) is 1. The Balaban J connectivity index is 2.16. The Morgan fingerprint density at radius 2 is 2.00 bits per heavy atom. The standard InChI is InChI=1S/C15H22N2O2/c1-9-7-13(19-4)11(3)10(2)12(9)8-17-14(18)15(16)5-6-15/h7H,5-6,8,16H2,1-4H3,(H,17,18). The molecule has 4 heteroatoms. The SMILES string of the molecule is COc1cc(C)c(CNC(=O)C2(N)CC2)c(C)c1C. The maximum atomic E-state index is 11.9. The third-order valence-corrected chi connectivity index (χ3v) is 4.09. The minimum absolute atomic E-state index is 0.0419. The van der Waals surface area contributed by atoms with Gasteiger partial charge in [0.15, 0.2) is 0 Å². The molecule has 1 aliphatic rings. The van der Waals surface area contributed by atoms with Crippen molar-refractivity contribution in [3.63, 3.8) is 0 Å². The van der Waals surface area contributed by atoms with E-state index in [0.717, 1.165) is 35.3 Å². The summed E-state index contributed by atoms with van der Waals surface area (Å²) in [6.07, 6.45) is 1.58. The van der Waals surface area contributed by atoms with E-state index in [1.165, 1.54) is 5.56 Å². The van der Waals surface area contributed by atoms with Crippen molar-refractivity contribution in [3.05, 3.63) is 28.3 Å². The minimum atomic E-state index is -0.608. The number of nitrogens with two attached hydrogens (primary N) is 1. The fraction of sp³-hybridized carbons (Fsp3) is 0.533. The van der Waals surface area contributed by atoms with Gasteiger partial charge in [-0.05, 0) is 61.9 Å². The summed E-state index contributed by atoms with van der Waals surface area (Å²) < 4.78 is 5.34. The van der Waals surface area contributed by atoms with Crippen LogP contribution in [0.5, 0.6) is 5.75 Å². The number of benzene rings is 1.